The number of hydrogen-bond donors (Lipinski definition) is 1. The number of hydrogen-bond acceptors (Lipinski definition) is 3. The minimum absolute atomic E-state index is 0.360. The second-order valence-electron chi connectivity index (χ2n) is 3.89. The molecule has 1 rings (SSSR count). The zero-order valence-corrected chi connectivity index (χ0v) is 12.8. The first-order valence-corrected chi connectivity index (χ1v) is 8.21. The van der Waals surface area contributed by atoms with Gasteiger partial charge in [0.05, 0.1) is 3.79 Å². The molecule has 6 heteroatoms. The average molecular weight is 326 g/mol. The van der Waals surface area contributed by atoms with E-state index in [1.54, 1.807) is 6.07 Å². The molecule has 0 aromatic carbocycles. The van der Waals surface area contributed by atoms with Crippen LogP contribution >= 0.6 is 27.3 Å². The first kappa shape index (κ1) is 14.2. The summed E-state index contributed by atoms with van der Waals surface area (Å²) in [6.07, 6.45) is 0.968. The van der Waals surface area contributed by atoms with Gasteiger partial charge in [0.1, 0.15) is 4.21 Å². The fraction of sp³-hybridized carbons (Fsp3) is 0.600. The van der Waals surface area contributed by atoms with E-state index in [4.69, 9.17) is 0 Å². The zero-order valence-electron chi connectivity index (χ0n) is 9.58. The molecule has 1 N–H and O–H groups in total. The lowest BCUT2D eigenvalue weighted by molar-refractivity contribution is 0.529. The van der Waals surface area contributed by atoms with Crippen molar-refractivity contribution >= 4 is 37.3 Å². The van der Waals surface area contributed by atoms with Crippen LogP contribution in [0.3, 0.4) is 0 Å². The molecule has 1 heterocycles. The number of nitrogens with one attached hydrogen (secondary N) is 1. The highest BCUT2D eigenvalue weighted by Crippen LogP contribution is 2.30. The lowest BCUT2D eigenvalue weighted by Gasteiger charge is -2.09. The molecule has 0 aliphatic rings. The predicted octanol–water partition coefficient (Wildman–Crippen LogP) is 3.14. The van der Waals surface area contributed by atoms with E-state index in [1.807, 2.05) is 20.8 Å². The van der Waals surface area contributed by atoms with Gasteiger partial charge in [0.15, 0.2) is 0 Å². The first-order valence-electron chi connectivity index (χ1n) is 5.12. The van der Waals surface area contributed by atoms with E-state index in [0.29, 0.717) is 16.7 Å². The van der Waals surface area contributed by atoms with E-state index in [1.165, 1.54) is 11.3 Å². The Morgan fingerprint density at radius 3 is 2.62 bits per heavy atom. The van der Waals surface area contributed by atoms with E-state index in [0.717, 1.165) is 15.8 Å². The molecule has 0 spiro atoms. The molecule has 0 amide bonds. The Balaban J connectivity index is 2.78. The van der Waals surface area contributed by atoms with Crippen LogP contribution in [0.25, 0.3) is 0 Å². The maximum Gasteiger partial charge on any atom is 0.250 e. The standard InChI is InChI=1S/C10H16BrNO2S2/c1-4-7(2)6-12-16(13,14)9-5-8(3)10(11)15-9/h5,7,12H,4,6H2,1-3H3. The quantitative estimate of drug-likeness (QED) is 0.903. The molecule has 1 aromatic rings. The lowest BCUT2D eigenvalue weighted by atomic mass is 10.1. The SMILES string of the molecule is CCC(C)CNS(=O)(=O)c1cc(C)c(Br)s1. The van der Waals surface area contributed by atoms with Crippen molar-refractivity contribution < 1.29 is 8.42 Å². The van der Waals surface area contributed by atoms with Crippen LogP contribution in [0.2, 0.25) is 0 Å². The first-order chi connectivity index (χ1) is 7.36. The fourth-order valence-electron chi connectivity index (χ4n) is 1.03. The molecule has 1 aromatic heterocycles. The van der Waals surface area contributed by atoms with E-state index in [-0.39, 0.29) is 0 Å². The maximum absolute atomic E-state index is 11.9. The second kappa shape index (κ2) is 5.62. The summed E-state index contributed by atoms with van der Waals surface area (Å²) in [5.74, 6) is 0.360. The van der Waals surface area contributed by atoms with Gasteiger partial charge in [-0.05, 0) is 40.4 Å². The minimum Gasteiger partial charge on any atom is -0.210 e. The number of thiophene rings is 1. The van der Waals surface area contributed by atoms with Crippen LogP contribution in [0.4, 0.5) is 0 Å². The molecule has 0 saturated heterocycles. The van der Waals surface area contributed by atoms with Gasteiger partial charge in [0.25, 0.3) is 0 Å². The van der Waals surface area contributed by atoms with Gasteiger partial charge in [-0.25, -0.2) is 13.1 Å². The summed E-state index contributed by atoms with van der Waals surface area (Å²) in [5.41, 5.74) is 0.953. The topological polar surface area (TPSA) is 46.2 Å². The summed E-state index contributed by atoms with van der Waals surface area (Å²) in [4.78, 5) is 0. The smallest absolute Gasteiger partial charge is 0.210 e. The maximum atomic E-state index is 11.9. The minimum atomic E-state index is -3.33. The Morgan fingerprint density at radius 1 is 1.56 bits per heavy atom. The number of sulfonamides is 1. The highest BCUT2D eigenvalue weighted by Gasteiger charge is 2.18. The molecule has 0 aliphatic carbocycles. The molecule has 0 fully saturated rings. The number of aryl methyl sites for hydroxylation is 1. The Hall–Kier alpha value is 0.0900. The van der Waals surface area contributed by atoms with Gasteiger partial charge in [0.2, 0.25) is 10.0 Å². The van der Waals surface area contributed by atoms with Gasteiger partial charge in [0, 0.05) is 6.54 Å². The molecule has 1 atom stereocenters. The fourth-order valence-corrected chi connectivity index (χ4v) is 4.47. The van der Waals surface area contributed by atoms with Crippen LogP contribution in [-0.2, 0) is 10.0 Å². The largest absolute Gasteiger partial charge is 0.250 e. The Bertz CT molecular complexity index is 434. The summed E-state index contributed by atoms with van der Waals surface area (Å²) in [7, 11) is -3.33. The van der Waals surface area contributed by atoms with Gasteiger partial charge in [-0.15, -0.1) is 11.3 Å². The van der Waals surface area contributed by atoms with E-state index in [2.05, 4.69) is 20.7 Å². The predicted molar refractivity (Wildman–Crippen MR) is 71.4 cm³/mol. The normalized spacial score (nSPS) is 14.0. The van der Waals surface area contributed by atoms with Crippen LogP contribution in [0.15, 0.2) is 14.1 Å². The van der Waals surface area contributed by atoms with Crippen molar-refractivity contribution in [1.29, 1.82) is 0 Å². The van der Waals surface area contributed by atoms with Gasteiger partial charge >= 0.3 is 0 Å². The van der Waals surface area contributed by atoms with Crippen molar-refractivity contribution in [1.82, 2.24) is 4.72 Å². The third-order valence-electron chi connectivity index (χ3n) is 2.42. The van der Waals surface area contributed by atoms with Crippen molar-refractivity contribution in [2.24, 2.45) is 5.92 Å². The van der Waals surface area contributed by atoms with Crippen LogP contribution in [0.5, 0.6) is 0 Å². The summed E-state index contributed by atoms with van der Waals surface area (Å²) in [6.45, 7) is 6.45. The Kier molecular flexibility index (Phi) is 4.97. The molecule has 0 radical (unpaired) electrons. The zero-order chi connectivity index (χ0) is 12.3. The van der Waals surface area contributed by atoms with Crippen LogP contribution in [0.1, 0.15) is 25.8 Å². The lowest BCUT2D eigenvalue weighted by Crippen LogP contribution is -2.27. The van der Waals surface area contributed by atoms with Crippen LogP contribution < -0.4 is 4.72 Å². The molecular formula is C10H16BrNO2S2. The molecule has 1 unspecified atom stereocenters. The van der Waals surface area contributed by atoms with Gasteiger partial charge in [-0.3, -0.25) is 0 Å². The monoisotopic (exact) mass is 325 g/mol. The molecule has 0 aliphatic heterocycles. The number of rotatable bonds is 5. The molecular weight excluding hydrogens is 310 g/mol. The Morgan fingerprint density at radius 2 is 2.19 bits per heavy atom. The van der Waals surface area contributed by atoms with Crippen molar-refractivity contribution in [3.63, 3.8) is 0 Å². The third kappa shape index (κ3) is 3.55. The summed E-state index contributed by atoms with van der Waals surface area (Å²) >= 11 is 4.58. The van der Waals surface area contributed by atoms with Crippen LogP contribution in [0, 0.1) is 12.8 Å². The van der Waals surface area contributed by atoms with Crippen molar-refractivity contribution in [2.75, 3.05) is 6.54 Å². The van der Waals surface area contributed by atoms with Gasteiger partial charge < -0.3 is 0 Å². The summed E-state index contributed by atoms with van der Waals surface area (Å²) in [5, 5.41) is 0. The van der Waals surface area contributed by atoms with E-state index < -0.39 is 10.0 Å². The third-order valence-corrected chi connectivity index (χ3v) is 6.45. The molecule has 0 saturated carbocycles. The Labute approximate surface area is 109 Å². The molecule has 0 bridgehead atoms. The average Bonchev–Trinajstić information content (AvgIpc) is 2.56. The van der Waals surface area contributed by atoms with Crippen molar-refractivity contribution in [3.05, 3.63) is 15.4 Å². The van der Waals surface area contributed by atoms with Gasteiger partial charge in [-0.2, -0.15) is 0 Å². The molecule has 3 nitrogen and oxygen atoms in total. The van der Waals surface area contributed by atoms with Crippen molar-refractivity contribution in [2.45, 2.75) is 31.4 Å². The summed E-state index contributed by atoms with van der Waals surface area (Å²) < 4.78 is 27.7. The second-order valence-corrected chi connectivity index (χ2v) is 8.25. The van der Waals surface area contributed by atoms with Crippen molar-refractivity contribution in [3.8, 4) is 0 Å². The van der Waals surface area contributed by atoms with E-state index in [9.17, 15) is 8.42 Å². The number of halogens is 1. The molecule has 92 valence electrons. The molecule has 16 heavy (non-hydrogen) atoms. The van der Waals surface area contributed by atoms with Gasteiger partial charge in [-0.1, -0.05) is 20.3 Å². The highest BCUT2D eigenvalue weighted by atomic mass is 79.9. The van der Waals surface area contributed by atoms with Crippen LogP contribution in [-0.4, -0.2) is 15.0 Å². The summed E-state index contributed by atoms with van der Waals surface area (Å²) in [6, 6.07) is 1.69. The van der Waals surface area contributed by atoms with E-state index >= 15 is 0 Å². The highest BCUT2D eigenvalue weighted by molar-refractivity contribution is 9.11.